The Morgan fingerprint density at radius 2 is 2.00 bits per heavy atom. The highest BCUT2D eigenvalue weighted by Gasteiger charge is 2.10. The highest BCUT2D eigenvalue weighted by Crippen LogP contribution is 2.23. The lowest BCUT2D eigenvalue weighted by Crippen LogP contribution is -2.25. The summed E-state index contributed by atoms with van der Waals surface area (Å²) in [5.41, 5.74) is 7.47. The normalized spacial score (nSPS) is 12.8. The second-order valence-corrected chi connectivity index (χ2v) is 6.94. The number of likely N-dealkylation sites (N-methyl/N-ethyl adjacent to an activating group) is 1. The maximum absolute atomic E-state index is 6.28. The smallest absolute Gasteiger partial charge is 0.0318 e. The number of nitrogens with two attached hydrogens (primary N) is 1. The predicted molar refractivity (Wildman–Crippen MR) is 91.2 cm³/mol. The van der Waals surface area contributed by atoms with E-state index in [0.717, 1.165) is 30.4 Å². The SMILES string of the molecule is CN(CCc1cccs1)CCC(N)c1ccccc1Br. The molecule has 2 N–H and O–H groups in total. The molecule has 0 radical (unpaired) electrons. The molecule has 0 fully saturated rings. The van der Waals surface area contributed by atoms with Crippen LogP contribution in [0, 0.1) is 0 Å². The molecule has 1 aromatic heterocycles. The first-order chi connectivity index (χ1) is 9.66. The maximum Gasteiger partial charge on any atom is 0.0318 e. The van der Waals surface area contributed by atoms with Gasteiger partial charge in [-0.15, -0.1) is 11.3 Å². The lowest BCUT2D eigenvalue weighted by molar-refractivity contribution is 0.323. The first-order valence-electron chi connectivity index (χ1n) is 6.87. The molecule has 0 saturated heterocycles. The van der Waals surface area contributed by atoms with Crippen molar-refractivity contribution in [1.29, 1.82) is 0 Å². The Labute approximate surface area is 133 Å². The molecule has 0 aliphatic heterocycles. The summed E-state index contributed by atoms with van der Waals surface area (Å²) < 4.78 is 1.11. The summed E-state index contributed by atoms with van der Waals surface area (Å²) >= 11 is 5.40. The zero-order chi connectivity index (χ0) is 14.4. The van der Waals surface area contributed by atoms with Crippen molar-refractivity contribution in [2.75, 3.05) is 20.1 Å². The fourth-order valence-electron chi connectivity index (χ4n) is 2.16. The Bertz CT molecular complexity index is 513. The summed E-state index contributed by atoms with van der Waals surface area (Å²) in [6.07, 6.45) is 2.10. The van der Waals surface area contributed by atoms with Crippen molar-refractivity contribution in [3.05, 3.63) is 56.7 Å². The van der Waals surface area contributed by atoms with Gasteiger partial charge in [0.15, 0.2) is 0 Å². The minimum absolute atomic E-state index is 0.0924. The Morgan fingerprint density at radius 3 is 2.70 bits per heavy atom. The summed E-state index contributed by atoms with van der Waals surface area (Å²) in [4.78, 5) is 3.81. The van der Waals surface area contributed by atoms with Crippen molar-refractivity contribution < 1.29 is 0 Å². The average molecular weight is 353 g/mol. The number of hydrogen-bond donors (Lipinski definition) is 1. The Balaban J connectivity index is 1.75. The van der Waals surface area contributed by atoms with Crippen LogP contribution in [0.15, 0.2) is 46.3 Å². The van der Waals surface area contributed by atoms with Gasteiger partial charge < -0.3 is 10.6 Å². The van der Waals surface area contributed by atoms with Crippen LogP contribution in [0.1, 0.15) is 22.9 Å². The second kappa shape index (κ2) is 7.93. The summed E-state index contributed by atoms with van der Waals surface area (Å²) in [7, 11) is 2.17. The van der Waals surface area contributed by atoms with Gasteiger partial charge in [-0.05, 0) is 49.5 Å². The lowest BCUT2D eigenvalue weighted by Gasteiger charge is -2.20. The standard InChI is InChI=1S/C16H21BrN2S/c1-19(10-8-13-5-4-12-20-13)11-9-16(18)14-6-2-3-7-15(14)17/h2-7,12,16H,8-11,18H2,1H3. The zero-order valence-corrected chi connectivity index (χ0v) is 14.2. The van der Waals surface area contributed by atoms with Crippen LogP contribution >= 0.6 is 27.3 Å². The molecular weight excluding hydrogens is 332 g/mol. The lowest BCUT2D eigenvalue weighted by atomic mass is 10.0. The molecule has 20 heavy (non-hydrogen) atoms. The van der Waals surface area contributed by atoms with Gasteiger partial charge in [0.1, 0.15) is 0 Å². The van der Waals surface area contributed by atoms with E-state index in [1.807, 2.05) is 23.5 Å². The maximum atomic E-state index is 6.28. The minimum Gasteiger partial charge on any atom is -0.324 e. The van der Waals surface area contributed by atoms with Gasteiger partial charge >= 0.3 is 0 Å². The van der Waals surface area contributed by atoms with Crippen LogP contribution in [0.25, 0.3) is 0 Å². The molecule has 0 amide bonds. The number of rotatable bonds is 7. The molecule has 4 heteroatoms. The first-order valence-corrected chi connectivity index (χ1v) is 8.55. The summed E-state index contributed by atoms with van der Waals surface area (Å²) in [6, 6.07) is 12.6. The van der Waals surface area contributed by atoms with E-state index in [4.69, 9.17) is 5.73 Å². The van der Waals surface area contributed by atoms with Crippen LogP contribution in [0.3, 0.4) is 0 Å². The minimum atomic E-state index is 0.0924. The van der Waals surface area contributed by atoms with Crippen molar-refractivity contribution in [2.45, 2.75) is 18.9 Å². The largest absolute Gasteiger partial charge is 0.324 e. The zero-order valence-electron chi connectivity index (χ0n) is 11.8. The Hall–Kier alpha value is -0.680. The van der Waals surface area contributed by atoms with E-state index in [1.165, 1.54) is 10.4 Å². The second-order valence-electron chi connectivity index (χ2n) is 5.05. The van der Waals surface area contributed by atoms with E-state index in [2.05, 4.69) is 57.5 Å². The number of thiophene rings is 1. The number of benzene rings is 1. The van der Waals surface area contributed by atoms with Crippen LogP contribution in [-0.4, -0.2) is 25.0 Å². The van der Waals surface area contributed by atoms with E-state index in [-0.39, 0.29) is 6.04 Å². The van der Waals surface area contributed by atoms with E-state index in [1.54, 1.807) is 0 Å². The monoisotopic (exact) mass is 352 g/mol. The molecule has 2 nitrogen and oxygen atoms in total. The summed E-state index contributed by atoms with van der Waals surface area (Å²) in [6.45, 7) is 2.11. The quantitative estimate of drug-likeness (QED) is 0.813. The third-order valence-corrected chi connectivity index (χ3v) is 5.10. The van der Waals surface area contributed by atoms with Gasteiger partial charge in [-0.1, -0.05) is 40.2 Å². The molecule has 0 saturated carbocycles. The van der Waals surface area contributed by atoms with E-state index >= 15 is 0 Å². The van der Waals surface area contributed by atoms with E-state index < -0.39 is 0 Å². The molecule has 2 aromatic rings. The molecule has 1 heterocycles. The van der Waals surface area contributed by atoms with E-state index in [0.29, 0.717) is 0 Å². The molecule has 1 unspecified atom stereocenters. The summed E-state index contributed by atoms with van der Waals surface area (Å²) in [5.74, 6) is 0. The van der Waals surface area contributed by atoms with Crippen LogP contribution in [0.5, 0.6) is 0 Å². The van der Waals surface area contributed by atoms with Crippen LogP contribution in [0.4, 0.5) is 0 Å². The number of nitrogens with zero attached hydrogens (tertiary/aromatic N) is 1. The predicted octanol–water partition coefficient (Wildman–Crippen LogP) is 4.08. The first kappa shape index (κ1) is 15.7. The van der Waals surface area contributed by atoms with Gasteiger partial charge in [0.25, 0.3) is 0 Å². The Kier molecular flexibility index (Phi) is 6.23. The molecule has 1 atom stereocenters. The molecule has 1 aromatic carbocycles. The van der Waals surface area contributed by atoms with Crippen molar-refractivity contribution in [2.24, 2.45) is 5.73 Å². The molecular formula is C16H21BrN2S. The topological polar surface area (TPSA) is 29.3 Å². The van der Waals surface area contributed by atoms with Gasteiger partial charge in [-0.2, -0.15) is 0 Å². The van der Waals surface area contributed by atoms with Crippen LogP contribution < -0.4 is 5.73 Å². The molecule has 0 aliphatic rings. The molecule has 0 bridgehead atoms. The molecule has 0 spiro atoms. The van der Waals surface area contributed by atoms with Crippen LogP contribution in [-0.2, 0) is 6.42 Å². The van der Waals surface area contributed by atoms with Crippen molar-refractivity contribution in [1.82, 2.24) is 4.90 Å². The van der Waals surface area contributed by atoms with Gasteiger partial charge in [0.2, 0.25) is 0 Å². The van der Waals surface area contributed by atoms with Gasteiger partial charge in [-0.3, -0.25) is 0 Å². The number of hydrogen-bond acceptors (Lipinski definition) is 3. The highest BCUT2D eigenvalue weighted by atomic mass is 79.9. The van der Waals surface area contributed by atoms with Gasteiger partial charge in [0.05, 0.1) is 0 Å². The van der Waals surface area contributed by atoms with Gasteiger partial charge in [-0.25, -0.2) is 0 Å². The van der Waals surface area contributed by atoms with E-state index in [9.17, 15) is 0 Å². The highest BCUT2D eigenvalue weighted by molar-refractivity contribution is 9.10. The van der Waals surface area contributed by atoms with Crippen LogP contribution in [0.2, 0.25) is 0 Å². The average Bonchev–Trinajstić information content (AvgIpc) is 2.96. The molecule has 2 rings (SSSR count). The van der Waals surface area contributed by atoms with Crippen molar-refractivity contribution in [3.8, 4) is 0 Å². The third kappa shape index (κ3) is 4.70. The third-order valence-electron chi connectivity index (χ3n) is 3.45. The number of halogens is 1. The molecule has 108 valence electrons. The van der Waals surface area contributed by atoms with Crippen molar-refractivity contribution >= 4 is 27.3 Å². The molecule has 0 aliphatic carbocycles. The van der Waals surface area contributed by atoms with Crippen molar-refractivity contribution in [3.63, 3.8) is 0 Å². The van der Waals surface area contributed by atoms with Gasteiger partial charge in [0, 0.05) is 21.9 Å². The summed E-state index contributed by atoms with van der Waals surface area (Å²) in [5, 5.41) is 2.14. The Morgan fingerprint density at radius 1 is 1.20 bits per heavy atom. The fraction of sp³-hybridized carbons (Fsp3) is 0.375. The fourth-order valence-corrected chi connectivity index (χ4v) is 3.44.